The molecule has 0 aliphatic carbocycles. The van der Waals surface area contributed by atoms with Crippen molar-refractivity contribution in [1.29, 1.82) is 0 Å². The summed E-state index contributed by atoms with van der Waals surface area (Å²) in [4.78, 5) is 16.0. The van der Waals surface area contributed by atoms with E-state index in [9.17, 15) is 9.90 Å². The molecule has 0 spiro atoms. The van der Waals surface area contributed by atoms with Crippen molar-refractivity contribution in [2.75, 3.05) is 5.32 Å². The number of hydrogen-bond donors (Lipinski definition) is 2. The lowest BCUT2D eigenvalue weighted by Crippen LogP contribution is -1.98. The van der Waals surface area contributed by atoms with Crippen LogP contribution >= 0.6 is 22.9 Å². The lowest BCUT2D eigenvalue weighted by molar-refractivity contribution is 0.0700. The monoisotopic (exact) mass is 402 g/mol. The van der Waals surface area contributed by atoms with Crippen molar-refractivity contribution in [2.24, 2.45) is 0 Å². The highest BCUT2D eigenvalue weighted by Crippen LogP contribution is 2.28. The van der Waals surface area contributed by atoms with Gasteiger partial charge < -0.3 is 15.2 Å². The van der Waals surface area contributed by atoms with E-state index in [1.807, 2.05) is 55.5 Å². The van der Waals surface area contributed by atoms with Crippen LogP contribution in [0, 0.1) is 0 Å². The van der Waals surface area contributed by atoms with Crippen LogP contribution in [0.1, 0.15) is 34.3 Å². The minimum Gasteiger partial charge on any atom is -0.489 e. The van der Waals surface area contributed by atoms with Gasteiger partial charge >= 0.3 is 5.97 Å². The van der Waals surface area contributed by atoms with Gasteiger partial charge in [-0.05, 0) is 48.4 Å². The molecule has 2 N–H and O–H groups in total. The summed E-state index contributed by atoms with van der Waals surface area (Å²) in [6, 6.07) is 15.0. The summed E-state index contributed by atoms with van der Waals surface area (Å²) in [5.74, 6) is -0.192. The molecular weight excluding hydrogens is 384 g/mol. The van der Waals surface area contributed by atoms with Crippen LogP contribution in [0.2, 0.25) is 5.02 Å². The first kappa shape index (κ1) is 19.2. The normalized spacial score (nSPS) is 10.6. The number of carbonyl (C=O) groups is 1. The molecule has 1 heterocycles. The molecule has 0 aliphatic heterocycles. The predicted octanol–water partition coefficient (Wildman–Crippen LogP) is 5.77. The van der Waals surface area contributed by atoms with Crippen LogP contribution < -0.4 is 10.1 Å². The molecule has 3 aromatic rings. The van der Waals surface area contributed by atoms with E-state index >= 15 is 0 Å². The molecule has 27 heavy (non-hydrogen) atoms. The zero-order chi connectivity index (χ0) is 19.2. The van der Waals surface area contributed by atoms with Gasteiger partial charge in [0.05, 0.1) is 5.69 Å². The number of thiazole rings is 1. The summed E-state index contributed by atoms with van der Waals surface area (Å²) in [6.45, 7) is 2.46. The van der Waals surface area contributed by atoms with E-state index < -0.39 is 5.97 Å². The minimum atomic E-state index is -0.935. The molecule has 0 atom stereocenters. The molecule has 140 valence electrons. The number of aromatic carboxylic acids is 1. The Kier molecular flexibility index (Phi) is 6.32. The van der Waals surface area contributed by atoms with Crippen LogP contribution in [0.5, 0.6) is 5.75 Å². The molecule has 0 radical (unpaired) electrons. The number of hydrogen-bond acceptors (Lipinski definition) is 5. The Morgan fingerprint density at radius 2 is 1.89 bits per heavy atom. The summed E-state index contributed by atoms with van der Waals surface area (Å²) < 4.78 is 5.76. The first-order chi connectivity index (χ1) is 13.0. The Morgan fingerprint density at radius 3 is 2.52 bits per heavy atom. The molecule has 0 saturated carbocycles. The SMILES string of the molecule is CCCc1nc(Nc2ccc(OCc3ccc(Cl)cc3)cc2)sc1C(=O)O. The summed E-state index contributed by atoms with van der Waals surface area (Å²) >= 11 is 7.03. The van der Waals surface area contributed by atoms with E-state index in [0.717, 1.165) is 34.8 Å². The largest absolute Gasteiger partial charge is 0.489 e. The van der Waals surface area contributed by atoms with Crippen LogP contribution in [0.4, 0.5) is 10.8 Å². The van der Waals surface area contributed by atoms with Crippen molar-refractivity contribution in [3.8, 4) is 5.75 Å². The number of carboxylic acid groups (broad SMARTS) is 1. The van der Waals surface area contributed by atoms with Gasteiger partial charge in [-0.1, -0.05) is 48.4 Å². The quantitative estimate of drug-likeness (QED) is 0.500. The highest BCUT2D eigenvalue weighted by molar-refractivity contribution is 7.17. The van der Waals surface area contributed by atoms with E-state index in [4.69, 9.17) is 16.3 Å². The van der Waals surface area contributed by atoms with Crippen molar-refractivity contribution in [3.63, 3.8) is 0 Å². The fourth-order valence-electron chi connectivity index (χ4n) is 2.48. The van der Waals surface area contributed by atoms with Crippen LogP contribution in [0.15, 0.2) is 48.5 Å². The van der Waals surface area contributed by atoms with E-state index in [1.54, 1.807) is 0 Å². The number of halogens is 1. The molecule has 0 unspecified atom stereocenters. The molecule has 7 heteroatoms. The summed E-state index contributed by atoms with van der Waals surface area (Å²) in [5.41, 5.74) is 2.48. The second-order valence-electron chi connectivity index (χ2n) is 5.91. The smallest absolute Gasteiger partial charge is 0.347 e. The van der Waals surface area contributed by atoms with Gasteiger partial charge in [0.1, 0.15) is 17.2 Å². The number of benzene rings is 2. The highest BCUT2D eigenvalue weighted by atomic mass is 35.5. The van der Waals surface area contributed by atoms with E-state index in [0.29, 0.717) is 33.8 Å². The van der Waals surface area contributed by atoms with Gasteiger partial charge in [-0.2, -0.15) is 0 Å². The Hall–Kier alpha value is -2.57. The number of anilines is 2. The van der Waals surface area contributed by atoms with Gasteiger partial charge in [0.15, 0.2) is 5.13 Å². The molecule has 0 fully saturated rings. The molecule has 0 amide bonds. The molecular formula is C20H19ClN2O3S. The van der Waals surface area contributed by atoms with Crippen LogP contribution in [-0.2, 0) is 13.0 Å². The fourth-order valence-corrected chi connectivity index (χ4v) is 3.48. The topological polar surface area (TPSA) is 71.5 Å². The number of ether oxygens (including phenoxy) is 1. The third-order valence-corrected chi connectivity index (χ3v) is 5.06. The summed E-state index contributed by atoms with van der Waals surface area (Å²) in [5, 5.41) is 13.7. The van der Waals surface area contributed by atoms with Crippen molar-refractivity contribution in [3.05, 3.63) is 69.7 Å². The standard InChI is InChI=1S/C20H19ClN2O3S/c1-2-3-17-18(19(24)25)27-20(23-17)22-15-8-10-16(11-9-15)26-12-13-4-6-14(21)7-5-13/h4-11H,2-3,12H2,1H3,(H,22,23)(H,24,25). The summed E-state index contributed by atoms with van der Waals surface area (Å²) in [7, 11) is 0. The fraction of sp³-hybridized carbons (Fsp3) is 0.200. The third-order valence-electron chi connectivity index (χ3n) is 3.80. The van der Waals surface area contributed by atoms with Gasteiger partial charge in [-0.25, -0.2) is 9.78 Å². The lowest BCUT2D eigenvalue weighted by Gasteiger charge is -2.08. The molecule has 0 bridgehead atoms. The second-order valence-corrected chi connectivity index (χ2v) is 7.35. The average Bonchev–Trinajstić information content (AvgIpc) is 3.05. The minimum absolute atomic E-state index is 0.294. The predicted molar refractivity (Wildman–Crippen MR) is 109 cm³/mol. The van der Waals surface area contributed by atoms with Gasteiger partial charge in [0.2, 0.25) is 0 Å². The van der Waals surface area contributed by atoms with Crippen molar-refractivity contribution < 1.29 is 14.6 Å². The second kappa shape index (κ2) is 8.88. The van der Waals surface area contributed by atoms with Crippen LogP contribution in [-0.4, -0.2) is 16.1 Å². The number of carboxylic acids is 1. The number of aryl methyl sites for hydroxylation is 1. The highest BCUT2D eigenvalue weighted by Gasteiger charge is 2.16. The number of aromatic nitrogens is 1. The van der Waals surface area contributed by atoms with E-state index in [-0.39, 0.29) is 0 Å². The maximum Gasteiger partial charge on any atom is 0.347 e. The maximum atomic E-state index is 11.3. The Labute approximate surface area is 166 Å². The zero-order valence-corrected chi connectivity index (χ0v) is 16.3. The van der Waals surface area contributed by atoms with E-state index in [1.165, 1.54) is 0 Å². The first-order valence-corrected chi connectivity index (χ1v) is 9.72. The van der Waals surface area contributed by atoms with Gasteiger partial charge in [0, 0.05) is 10.7 Å². The number of nitrogens with zero attached hydrogens (tertiary/aromatic N) is 1. The molecule has 5 nitrogen and oxygen atoms in total. The van der Waals surface area contributed by atoms with Crippen LogP contribution in [0.3, 0.4) is 0 Å². The number of nitrogens with one attached hydrogen (secondary N) is 1. The molecule has 3 rings (SSSR count). The third kappa shape index (κ3) is 5.21. The average molecular weight is 403 g/mol. The number of rotatable bonds is 8. The Morgan fingerprint density at radius 1 is 1.19 bits per heavy atom. The van der Waals surface area contributed by atoms with E-state index in [2.05, 4.69) is 10.3 Å². The van der Waals surface area contributed by atoms with Crippen molar-refractivity contribution >= 4 is 39.7 Å². The first-order valence-electron chi connectivity index (χ1n) is 8.52. The van der Waals surface area contributed by atoms with Crippen LogP contribution in [0.25, 0.3) is 0 Å². The molecule has 0 aliphatic rings. The molecule has 2 aromatic carbocycles. The lowest BCUT2D eigenvalue weighted by atomic mass is 10.2. The van der Waals surface area contributed by atoms with Gasteiger partial charge in [-0.3, -0.25) is 0 Å². The molecule has 1 aromatic heterocycles. The summed E-state index contributed by atoms with van der Waals surface area (Å²) in [6.07, 6.45) is 1.50. The van der Waals surface area contributed by atoms with Gasteiger partial charge in [0.25, 0.3) is 0 Å². The van der Waals surface area contributed by atoms with Crippen molar-refractivity contribution in [1.82, 2.24) is 4.98 Å². The molecule has 0 saturated heterocycles. The zero-order valence-electron chi connectivity index (χ0n) is 14.7. The Bertz CT molecular complexity index is 908. The van der Waals surface area contributed by atoms with Gasteiger partial charge in [-0.15, -0.1) is 0 Å². The maximum absolute atomic E-state index is 11.3. The Balaban J connectivity index is 1.62. The van der Waals surface area contributed by atoms with Crippen molar-refractivity contribution in [2.45, 2.75) is 26.4 Å².